The number of hydrogen-bond acceptors (Lipinski definition) is 5. The molecule has 4 rings (SSSR count). The number of amides is 1. The molecule has 0 radical (unpaired) electrons. The van der Waals surface area contributed by atoms with Gasteiger partial charge in [0.25, 0.3) is 0 Å². The van der Waals surface area contributed by atoms with Gasteiger partial charge < -0.3 is 10.2 Å². The lowest BCUT2D eigenvalue weighted by Crippen LogP contribution is -2.38. The molecule has 1 aliphatic rings. The molecule has 0 atom stereocenters. The molecule has 3 aromatic rings. The molecule has 1 aromatic carbocycles. The van der Waals surface area contributed by atoms with Crippen LogP contribution in [-0.2, 0) is 4.79 Å². The predicted molar refractivity (Wildman–Crippen MR) is 115 cm³/mol. The fourth-order valence-corrected chi connectivity index (χ4v) is 3.61. The highest BCUT2D eigenvalue weighted by Crippen LogP contribution is 2.25. The van der Waals surface area contributed by atoms with Gasteiger partial charge in [0.2, 0.25) is 5.91 Å². The highest BCUT2D eigenvalue weighted by atomic mass is 35.5. The SMILES string of the molecule is Cc1cccc(NC(=O)C2CCN(c3ccc(-c4ccc(Cl)cc4)nn3)CC2)n1. The molecule has 1 fully saturated rings. The number of aryl methyl sites for hydroxylation is 1. The minimum atomic E-state index is -0.0186. The van der Waals surface area contributed by atoms with Crippen molar-refractivity contribution in [2.75, 3.05) is 23.3 Å². The van der Waals surface area contributed by atoms with Crippen molar-refractivity contribution in [1.82, 2.24) is 15.2 Å². The Morgan fingerprint density at radius 2 is 1.79 bits per heavy atom. The second-order valence-corrected chi connectivity index (χ2v) is 7.63. The monoisotopic (exact) mass is 407 g/mol. The fraction of sp³-hybridized carbons (Fsp3) is 0.273. The molecular weight excluding hydrogens is 386 g/mol. The Labute approximate surface area is 174 Å². The molecule has 1 amide bonds. The first-order chi connectivity index (χ1) is 14.1. The molecule has 0 saturated carbocycles. The van der Waals surface area contributed by atoms with Crippen molar-refractivity contribution in [3.05, 3.63) is 65.3 Å². The van der Waals surface area contributed by atoms with Gasteiger partial charge in [-0.05, 0) is 56.2 Å². The lowest BCUT2D eigenvalue weighted by molar-refractivity contribution is -0.120. The molecule has 29 heavy (non-hydrogen) atoms. The van der Waals surface area contributed by atoms with Crippen LogP contribution in [0.4, 0.5) is 11.6 Å². The first-order valence-corrected chi connectivity index (χ1v) is 10.1. The van der Waals surface area contributed by atoms with Gasteiger partial charge in [0.1, 0.15) is 5.82 Å². The van der Waals surface area contributed by atoms with Gasteiger partial charge in [0.05, 0.1) is 5.69 Å². The Balaban J connectivity index is 1.34. The fourth-order valence-electron chi connectivity index (χ4n) is 3.48. The molecule has 0 unspecified atom stereocenters. The van der Waals surface area contributed by atoms with Crippen LogP contribution in [0, 0.1) is 12.8 Å². The summed E-state index contributed by atoms with van der Waals surface area (Å²) in [5.74, 6) is 1.46. The number of rotatable bonds is 4. The Bertz CT molecular complexity index is 983. The van der Waals surface area contributed by atoms with Gasteiger partial charge in [-0.1, -0.05) is 29.8 Å². The molecule has 3 heterocycles. The molecule has 0 aliphatic carbocycles. The maximum atomic E-state index is 12.5. The minimum absolute atomic E-state index is 0.0186. The standard InChI is InChI=1S/C22H22ClN5O/c1-15-3-2-4-20(24-15)25-22(29)17-11-13-28(14-12-17)21-10-9-19(26-27-21)16-5-7-18(23)8-6-16/h2-10,17H,11-14H2,1H3,(H,24,25,29). The van der Waals surface area contributed by atoms with Gasteiger partial charge in [0, 0.05) is 35.3 Å². The van der Waals surface area contributed by atoms with E-state index in [1.165, 1.54) is 0 Å². The van der Waals surface area contributed by atoms with E-state index in [9.17, 15) is 4.79 Å². The summed E-state index contributed by atoms with van der Waals surface area (Å²) in [6, 6.07) is 17.1. The highest BCUT2D eigenvalue weighted by molar-refractivity contribution is 6.30. The first-order valence-electron chi connectivity index (χ1n) is 9.67. The van der Waals surface area contributed by atoms with Gasteiger partial charge in [-0.15, -0.1) is 10.2 Å². The van der Waals surface area contributed by atoms with E-state index in [1.54, 1.807) is 0 Å². The predicted octanol–water partition coefficient (Wildman–Crippen LogP) is 4.36. The van der Waals surface area contributed by atoms with Gasteiger partial charge in [0.15, 0.2) is 5.82 Å². The van der Waals surface area contributed by atoms with E-state index >= 15 is 0 Å². The summed E-state index contributed by atoms with van der Waals surface area (Å²) >= 11 is 5.94. The summed E-state index contributed by atoms with van der Waals surface area (Å²) < 4.78 is 0. The Morgan fingerprint density at radius 3 is 2.45 bits per heavy atom. The zero-order chi connectivity index (χ0) is 20.2. The quantitative estimate of drug-likeness (QED) is 0.695. The summed E-state index contributed by atoms with van der Waals surface area (Å²) in [5.41, 5.74) is 2.68. The number of nitrogens with zero attached hydrogens (tertiary/aromatic N) is 4. The number of carbonyl (C=O) groups excluding carboxylic acids is 1. The maximum Gasteiger partial charge on any atom is 0.228 e. The van der Waals surface area contributed by atoms with E-state index in [4.69, 9.17) is 11.6 Å². The number of halogens is 1. The lowest BCUT2D eigenvalue weighted by Gasteiger charge is -2.31. The van der Waals surface area contributed by atoms with E-state index in [0.717, 1.165) is 48.7 Å². The van der Waals surface area contributed by atoms with Crippen molar-refractivity contribution in [1.29, 1.82) is 0 Å². The molecule has 1 saturated heterocycles. The van der Waals surface area contributed by atoms with Crippen LogP contribution >= 0.6 is 11.6 Å². The Morgan fingerprint density at radius 1 is 1.03 bits per heavy atom. The Kier molecular flexibility index (Phi) is 5.71. The zero-order valence-corrected chi connectivity index (χ0v) is 16.9. The third-order valence-electron chi connectivity index (χ3n) is 5.12. The van der Waals surface area contributed by atoms with Gasteiger partial charge in [-0.3, -0.25) is 4.79 Å². The van der Waals surface area contributed by atoms with Crippen molar-refractivity contribution >= 4 is 29.1 Å². The summed E-state index contributed by atoms with van der Waals surface area (Å²) in [6.07, 6.45) is 1.55. The van der Waals surface area contributed by atoms with Crippen molar-refractivity contribution in [3.63, 3.8) is 0 Å². The summed E-state index contributed by atoms with van der Waals surface area (Å²) in [4.78, 5) is 19.1. The molecular formula is C22H22ClN5O. The van der Waals surface area contributed by atoms with Crippen LogP contribution in [0.25, 0.3) is 11.3 Å². The molecule has 148 valence electrons. The number of anilines is 2. The van der Waals surface area contributed by atoms with Crippen molar-refractivity contribution in [3.8, 4) is 11.3 Å². The number of hydrogen-bond donors (Lipinski definition) is 1. The lowest BCUT2D eigenvalue weighted by atomic mass is 9.96. The number of nitrogens with one attached hydrogen (secondary N) is 1. The molecule has 2 aromatic heterocycles. The largest absolute Gasteiger partial charge is 0.355 e. The first kappa shape index (κ1) is 19.3. The van der Waals surface area contributed by atoms with Crippen molar-refractivity contribution in [2.24, 2.45) is 5.92 Å². The van der Waals surface area contributed by atoms with Crippen LogP contribution in [0.3, 0.4) is 0 Å². The number of pyridine rings is 1. The van der Waals surface area contributed by atoms with Gasteiger partial charge >= 0.3 is 0 Å². The summed E-state index contributed by atoms with van der Waals surface area (Å²) in [6.45, 7) is 3.45. The summed E-state index contributed by atoms with van der Waals surface area (Å²) in [7, 11) is 0. The van der Waals surface area contributed by atoms with Crippen molar-refractivity contribution in [2.45, 2.75) is 19.8 Å². The molecule has 0 bridgehead atoms. The number of carbonyl (C=O) groups is 1. The second kappa shape index (κ2) is 8.57. The topological polar surface area (TPSA) is 71.0 Å². The van der Waals surface area contributed by atoms with Crippen LogP contribution in [0.5, 0.6) is 0 Å². The third kappa shape index (κ3) is 4.71. The van der Waals surface area contributed by atoms with Gasteiger partial charge in [-0.25, -0.2) is 4.98 Å². The van der Waals surface area contributed by atoms with Gasteiger partial charge in [-0.2, -0.15) is 0 Å². The normalized spacial score (nSPS) is 14.6. The Hall–Kier alpha value is -2.99. The third-order valence-corrected chi connectivity index (χ3v) is 5.37. The average Bonchev–Trinajstić information content (AvgIpc) is 2.75. The maximum absolute atomic E-state index is 12.5. The van der Waals surface area contributed by atoms with Crippen LogP contribution < -0.4 is 10.2 Å². The number of piperidine rings is 1. The van der Waals surface area contributed by atoms with Crippen LogP contribution in [0.1, 0.15) is 18.5 Å². The average molecular weight is 408 g/mol. The van der Waals surface area contributed by atoms with Crippen molar-refractivity contribution < 1.29 is 4.79 Å². The number of benzene rings is 1. The molecule has 7 heteroatoms. The highest BCUT2D eigenvalue weighted by Gasteiger charge is 2.26. The van der Waals surface area contributed by atoms with Crippen LogP contribution in [-0.4, -0.2) is 34.2 Å². The molecule has 1 aliphatic heterocycles. The smallest absolute Gasteiger partial charge is 0.228 e. The van der Waals surface area contributed by atoms with E-state index in [0.29, 0.717) is 10.8 Å². The minimum Gasteiger partial charge on any atom is -0.355 e. The van der Waals surface area contributed by atoms with E-state index in [1.807, 2.05) is 61.5 Å². The summed E-state index contributed by atoms with van der Waals surface area (Å²) in [5, 5.41) is 12.4. The van der Waals surface area contributed by atoms with E-state index < -0.39 is 0 Å². The second-order valence-electron chi connectivity index (χ2n) is 7.20. The number of aromatic nitrogens is 3. The molecule has 0 spiro atoms. The van der Waals surface area contributed by atoms with Crippen LogP contribution in [0.15, 0.2) is 54.6 Å². The van der Waals surface area contributed by atoms with E-state index in [2.05, 4.69) is 25.4 Å². The molecule has 1 N–H and O–H groups in total. The zero-order valence-electron chi connectivity index (χ0n) is 16.2. The molecule has 6 nitrogen and oxygen atoms in total. The van der Waals surface area contributed by atoms with Crippen LogP contribution in [0.2, 0.25) is 5.02 Å². The van der Waals surface area contributed by atoms with E-state index in [-0.39, 0.29) is 11.8 Å².